The Kier molecular flexibility index (Phi) is 3.67. The molecule has 1 aliphatic heterocycles. The molecule has 1 N–H and O–H groups in total. The molecule has 0 radical (unpaired) electrons. The quantitative estimate of drug-likeness (QED) is 0.794. The topological polar surface area (TPSA) is 38.3 Å². The molecule has 1 saturated carbocycles. The van der Waals surface area contributed by atoms with Gasteiger partial charge < -0.3 is 10.1 Å². The van der Waals surface area contributed by atoms with Crippen LogP contribution in [0.25, 0.3) is 0 Å². The smallest absolute Gasteiger partial charge is 0.225 e. The number of halogens is 1. The first-order valence-electron chi connectivity index (χ1n) is 5.67. The van der Waals surface area contributed by atoms with Crippen LogP contribution in [-0.4, -0.2) is 31.0 Å². The number of amides is 1. The molecule has 1 atom stereocenters. The third-order valence-electron chi connectivity index (χ3n) is 3.41. The van der Waals surface area contributed by atoms with Gasteiger partial charge in [0.25, 0.3) is 0 Å². The van der Waals surface area contributed by atoms with Crippen molar-refractivity contribution in [2.45, 2.75) is 25.7 Å². The number of nitrogens with one attached hydrogen (secondary N) is 1. The van der Waals surface area contributed by atoms with Crippen LogP contribution >= 0.6 is 15.9 Å². The normalized spacial score (nSPS) is 28.5. The van der Waals surface area contributed by atoms with E-state index in [0.29, 0.717) is 12.0 Å². The maximum atomic E-state index is 11.8. The average molecular weight is 276 g/mol. The second kappa shape index (κ2) is 4.83. The SMILES string of the molecule is O=C(NCC1(CBr)CC1)C1CCCOC1. The van der Waals surface area contributed by atoms with Crippen LogP contribution in [0.5, 0.6) is 0 Å². The first kappa shape index (κ1) is 11.4. The Morgan fingerprint density at radius 2 is 2.33 bits per heavy atom. The van der Waals surface area contributed by atoms with Gasteiger partial charge in [0, 0.05) is 18.5 Å². The fourth-order valence-electron chi connectivity index (χ4n) is 1.90. The molecule has 1 amide bonds. The molecule has 4 heteroatoms. The Bertz CT molecular complexity index is 235. The lowest BCUT2D eigenvalue weighted by atomic mass is 10.0. The summed E-state index contributed by atoms with van der Waals surface area (Å²) >= 11 is 3.50. The van der Waals surface area contributed by atoms with Crippen LogP contribution in [0, 0.1) is 11.3 Å². The monoisotopic (exact) mass is 275 g/mol. The maximum absolute atomic E-state index is 11.8. The van der Waals surface area contributed by atoms with Gasteiger partial charge in [-0.15, -0.1) is 0 Å². The standard InChI is InChI=1S/C11H18BrNO2/c12-7-11(3-4-11)8-13-10(14)9-2-1-5-15-6-9/h9H,1-8H2,(H,13,14). The number of ether oxygens (including phenoxy) is 1. The van der Waals surface area contributed by atoms with Gasteiger partial charge in [0.15, 0.2) is 0 Å². The molecular formula is C11H18BrNO2. The second-order valence-electron chi connectivity index (χ2n) is 4.77. The fraction of sp³-hybridized carbons (Fsp3) is 0.909. The number of carbonyl (C=O) groups is 1. The molecule has 1 aliphatic carbocycles. The van der Waals surface area contributed by atoms with E-state index in [2.05, 4.69) is 21.2 Å². The third kappa shape index (κ3) is 2.94. The Balaban J connectivity index is 1.72. The summed E-state index contributed by atoms with van der Waals surface area (Å²) in [5.41, 5.74) is 0.366. The van der Waals surface area contributed by atoms with Crippen molar-refractivity contribution >= 4 is 21.8 Å². The molecule has 1 unspecified atom stereocenters. The van der Waals surface area contributed by atoms with Gasteiger partial charge >= 0.3 is 0 Å². The van der Waals surface area contributed by atoms with Crippen molar-refractivity contribution in [3.63, 3.8) is 0 Å². The highest BCUT2D eigenvalue weighted by Gasteiger charge is 2.41. The summed E-state index contributed by atoms with van der Waals surface area (Å²) in [7, 11) is 0. The van der Waals surface area contributed by atoms with E-state index in [4.69, 9.17) is 4.74 Å². The van der Waals surface area contributed by atoms with Gasteiger partial charge in [0.05, 0.1) is 12.5 Å². The van der Waals surface area contributed by atoms with Crippen LogP contribution in [0.15, 0.2) is 0 Å². The van der Waals surface area contributed by atoms with E-state index in [9.17, 15) is 4.79 Å². The molecule has 15 heavy (non-hydrogen) atoms. The van der Waals surface area contributed by atoms with Crippen molar-refractivity contribution in [2.24, 2.45) is 11.3 Å². The zero-order chi connectivity index (χ0) is 10.7. The van der Waals surface area contributed by atoms with Crippen molar-refractivity contribution in [2.75, 3.05) is 25.1 Å². The maximum Gasteiger partial charge on any atom is 0.225 e. The number of carbonyl (C=O) groups excluding carboxylic acids is 1. The van der Waals surface area contributed by atoms with E-state index >= 15 is 0 Å². The summed E-state index contributed by atoms with van der Waals surface area (Å²) in [6, 6.07) is 0. The summed E-state index contributed by atoms with van der Waals surface area (Å²) in [5.74, 6) is 0.270. The molecular weight excluding hydrogens is 258 g/mol. The lowest BCUT2D eigenvalue weighted by Gasteiger charge is -2.22. The Hall–Kier alpha value is -0.0900. The van der Waals surface area contributed by atoms with Gasteiger partial charge in [-0.3, -0.25) is 4.79 Å². The molecule has 0 spiro atoms. The Labute approximate surface area is 99.1 Å². The van der Waals surface area contributed by atoms with Crippen molar-refractivity contribution in [1.29, 1.82) is 0 Å². The average Bonchev–Trinajstić information content (AvgIpc) is 3.08. The van der Waals surface area contributed by atoms with E-state index in [1.54, 1.807) is 0 Å². The largest absolute Gasteiger partial charge is 0.381 e. The first-order chi connectivity index (χ1) is 7.26. The molecule has 86 valence electrons. The molecule has 3 nitrogen and oxygen atoms in total. The van der Waals surface area contributed by atoms with Gasteiger partial charge in [0.1, 0.15) is 0 Å². The van der Waals surface area contributed by atoms with E-state index in [-0.39, 0.29) is 11.8 Å². The molecule has 0 aromatic carbocycles. The third-order valence-corrected chi connectivity index (χ3v) is 4.60. The van der Waals surface area contributed by atoms with Gasteiger partial charge in [0.2, 0.25) is 5.91 Å². The first-order valence-corrected chi connectivity index (χ1v) is 6.79. The zero-order valence-electron chi connectivity index (χ0n) is 8.93. The van der Waals surface area contributed by atoms with Crippen LogP contribution in [-0.2, 0) is 9.53 Å². The highest BCUT2D eigenvalue weighted by atomic mass is 79.9. The van der Waals surface area contributed by atoms with Crippen LogP contribution in [0.3, 0.4) is 0 Å². The molecule has 0 aromatic rings. The molecule has 0 bridgehead atoms. The predicted molar refractivity (Wildman–Crippen MR) is 62.0 cm³/mol. The van der Waals surface area contributed by atoms with Crippen LogP contribution in [0.2, 0.25) is 0 Å². The minimum absolute atomic E-state index is 0.0878. The summed E-state index contributed by atoms with van der Waals surface area (Å²) in [4.78, 5) is 11.8. The minimum atomic E-state index is 0.0878. The molecule has 1 heterocycles. The van der Waals surface area contributed by atoms with Crippen LogP contribution < -0.4 is 5.32 Å². The van der Waals surface area contributed by atoms with Gasteiger partial charge in [-0.05, 0) is 31.1 Å². The summed E-state index contributed by atoms with van der Waals surface area (Å²) in [6.07, 6.45) is 4.47. The minimum Gasteiger partial charge on any atom is -0.381 e. The van der Waals surface area contributed by atoms with Crippen molar-refractivity contribution < 1.29 is 9.53 Å². The van der Waals surface area contributed by atoms with E-state index < -0.39 is 0 Å². The van der Waals surface area contributed by atoms with Gasteiger partial charge in [-0.1, -0.05) is 15.9 Å². The summed E-state index contributed by atoms with van der Waals surface area (Å²) in [6.45, 7) is 2.25. The van der Waals surface area contributed by atoms with E-state index in [1.165, 1.54) is 12.8 Å². The number of hydrogen-bond donors (Lipinski definition) is 1. The summed E-state index contributed by atoms with van der Waals surface area (Å²) in [5, 5.41) is 4.06. The van der Waals surface area contributed by atoms with Crippen LogP contribution in [0.1, 0.15) is 25.7 Å². The fourth-order valence-corrected chi connectivity index (χ4v) is 2.66. The zero-order valence-corrected chi connectivity index (χ0v) is 10.5. The van der Waals surface area contributed by atoms with Crippen molar-refractivity contribution in [1.82, 2.24) is 5.32 Å². The van der Waals surface area contributed by atoms with E-state index in [1.807, 2.05) is 0 Å². The predicted octanol–water partition coefficient (Wildman–Crippen LogP) is 1.70. The van der Waals surface area contributed by atoms with Crippen LogP contribution in [0.4, 0.5) is 0 Å². The Morgan fingerprint density at radius 1 is 1.53 bits per heavy atom. The summed E-state index contributed by atoms with van der Waals surface area (Å²) < 4.78 is 5.31. The highest BCUT2D eigenvalue weighted by Crippen LogP contribution is 2.46. The van der Waals surface area contributed by atoms with Crippen molar-refractivity contribution in [3.8, 4) is 0 Å². The molecule has 1 saturated heterocycles. The molecule has 2 rings (SSSR count). The molecule has 0 aromatic heterocycles. The van der Waals surface area contributed by atoms with Gasteiger partial charge in [-0.2, -0.15) is 0 Å². The number of hydrogen-bond acceptors (Lipinski definition) is 2. The van der Waals surface area contributed by atoms with E-state index in [0.717, 1.165) is 31.3 Å². The molecule has 2 fully saturated rings. The lowest BCUT2D eigenvalue weighted by Crippen LogP contribution is -2.38. The highest BCUT2D eigenvalue weighted by molar-refractivity contribution is 9.09. The number of alkyl halides is 1. The second-order valence-corrected chi connectivity index (χ2v) is 5.33. The Morgan fingerprint density at radius 3 is 2.87 bits per heavy atom. The van der Waals surface area contributed by atoms with Crippen molar-refractivity contribution in [3.05, 3.63) is 0 Å². The number of rotatable bonds is 4. The lowest BCUT2D eigenvalue weighted by molar-refractivity contribution is -0.129. The van der Waals surface area contributed by atoms with Gasteiger partial charge in [-0.25, -0.2) is 0 Å². The molecule has 2 aliphatic rings.